The van der Waals surface area contributed by atoms with Gasteiger partial charge in [0.1, 0.15) is 11.9 Å². The van der Waals surface area contributed by atoms with Crippen LogP contribution >= 0.6 is 31.9 Å². The Bertz CT molecular complexity index is 698. The molecule has 0 aromatic rings. The summed E-state index contributed by atoms with van der Waals surface area (Å²) in [6.07, 6.45) is 0.115. The van der Waals surface area contributed by atoms with Crippen molar-refractivity contribution in [2.24, 2.45) is 10.2 Å². The van der Waals surface area contributed by atoms with Gasteiger partial charge in [0.05, 0.1) is 12.8 Å². The SMILES string of the molecule is C.C.C.O=C(O)CBr.O=C(O)CCBr.[Br-].[Br-].[N-]=[N+]=NCC(=O)O.[N-]=[N+]=NCCC(=O)O.[N-]=[N+]=[N-].[N-]=[N+]=[N-].[Na+].[Na+].[Na+].[Na+]. The number of aliphatic carboxylic acids is 4. The molecule has 0 saturated carbocycles. The zero-order valence-electron chi connectivity index (χ0n) is 20.5. The molecule has 0 aliphatic carbocycles. The fourth-order valence-electron chi connectivity index (χ4n) is 0.363. The number of carbonyl (C=O) groups is 4. The van der Waals surface area contributed by atoms with E-state index in [2.05, 4.69) is 51.9 Å². The number of carboxylic acids is 4. The van der Waals surface area contributed by atoms with Crippen LogP contribution in [-0.4, -0.2) is 68.1 Å². The van der Waals surface area contributed by atoms with E-state index in [1.807, 2.05) is 0 Å². The number of azide groups is 2. The molecule has 0 heterocycles. The van der Waals surface area contributed by atoms with E-state index in [1.165, 1.54) is 9.82 Å². The fraction of sp³-hybridized carbons (Fsp3) is 0.692. The molecular weight excluding hydrogens is 864 g/mol. The molecule has 0 atom stereocenters. The number of carboxylic acid groups (broad SMARTS) is 4. The van der Waals surface area contributed by atoms with Crippen LogP contribution in [0.2, 0.25) is 0 Å². The Morgan fingerprint density at radius 1 is 0.585 bits per heavy atom. The largest absolute Gasteiger partial charge is 1.00 e. The molecule has 0 aliphatic rings. The van der Waals surface area contributed by atoms with Crippen LogP contribution in [0.3, 0.4) is 0 Å². The first-order valence-corrected chi connectivity index (χ1v) is 9.14. The van der Waals surface area contributed by atoms with E-state index in [0.29, 0.717) is 5.33 Å². The summed E-state index contributed by atoms with van der Waals surface area (Å²) in [5.74, 6) is -3.65. The number of hydrogen-bond donors (Lipinski definition) is 4. The molecule has 220 valence electrons. The van der Waals surface area contributed by atoms with E-state index >= 15 is 0 Å². The normalized spacial score (nSPS) is 5.12. The van der Waals surface area contributed by atoms with Gasteiger partial charge in [0, 0.05) is 21.7 Å². The Balaban J connectivity index is -0.0000000150. The van der Waals surface area contributed by atoms with Crippen molar-refractivity contribution in [1.82, 2.24) is 0 Å². The third kappa shape index (κ3) is 277. The number of halogens is 4. The van der Waals surface area contributed by atoms with E-state index in [0.717, 1.165) is 0 Å². The summed E-state index contributed by atoms with van der Waals surface area (Å²) in [5, 5.41) is 37.6. The third-order valence-electron chi connectivity index (χ3n) is 1.18. The van der Waals surface area contributed by atoms with Gasteiger partial charge in [0.25, 0.3) is 0 Å². The molecule has 0 fully saturated rings. The summed E-state index contributed by atoms with van der Waals surface area (Å²) in [4.78, 5) is 45.7. The van der Waals surface area contributed by atoms with Crippen molar-refractivity contribution >= 4 is 55.7 Å². The van der Waals surface area contributed by atoms with E-state index in [4.69, 9.17) is 53.6 Å². The molecule has 0 aromatic carbocycles. The summed E-state index contributed by atoms with van der Waals surface area (Å²) >= 11 is 5.68. The van der Waals surface area contributed by atoms with E-state index in [1.54, 1.807) is 0 Å². The second kappa shape index (κ2) is 105. The van der Waals surface area contributed by atoms with Gasteiger partial charge in [-0.15, -0.1) is 0 Å². The molecule has 0 spiro atoms. The van der Waals surface area contributed by atoms with Crippen molar-refractivity contribution in [3.63, 3.8) is 0 Å². The second-order valence-corrected chi connectivity index (χ2v) is 4.77. The Morgan fingerprint density at radius 3 is 0.951 bits per heavy atom. The molecule has 0 bridgehead atoms. The summed E-state index contributed by atoms with van der Waals surface area (Å²) in [7, 11) is 0. The van der Waals surface area contributed by atoms with Crippen molar-refractivity contribution in [3.05, 3.63) is 52.8 Å². The average molecular weight is 892 g/mol. The van der Waals surface area contributed by atoms with E-state index in [9.17, 15) is 19.2 Å². The zero-order valence-corrected chi connectivity index (χ0v) is 34.9. The van der Waals surface area contributed by atoms with Crippen LogP contribution < -0.4 is 152 Å². The minimum absolute atomic E-state index is 0. The van der Waals surface area contributed by atoms with Gasteiger partial charge in [0.15, 0.2) is 0 Å². The number of rotatable bonds is 8. The molecular formula is C13H28Br4N12Na4O8. The predicted molar refractivity (Wildman–Crippen MR) is 136 cm³/mol. The monoisotopic (exact) mass is 888 g/mol. The smallest absolute Gasteiger partial charge is 1.00 e. The third-order valence-corrected chi connectivity index (χ3v) is 2.06. The van der Waals surface area contributed by atoms with Gasteiger partial charge < -0.3 is 76.5 Å². The quantitative estimate of drug-likeness (QED) is 0.0595. The summed E-state index contributed by atoms with van der Waals surface area (Å²) < 4.78 is 0. The maximum Gasteiger partial charge on any atom is 1.00 e. The number of alkyl halides is 2. The summed E-state index contributed by atoms with van der Waals surface area (Å²) in [5.41, 5.74) is 42.2. The van der Waals surface area contributed by atoms with Crippen LogP contribution in [0.1, 0.15) is 35.1 Å². The second-order valence-electron chi connectivity index (χ2n) is 3.42. The van der Waals surface area contributed by atoms with Gasteiger partial charge >= 0.3 is 142 Å². The van der Waals surface area contributed by atoms with Gasteiger partial charge in [-0.25, -0.2) is 0 Å². The Kier molecular flexibility index (Phi) is 248. The molecule has 0 rings (SSSR count). The van der Waals surface area contributed by atoms with Crippen molar-refractivity contribution in [2.75, 3.05) is 23.7 Å². The van der Waals surface area contributed by atoms with Crippen LogP contribution in [0.5, 0.6) is 0 Å². The summed E-state index contributed by atoms with van der Waals surface area (Å²) in [6.45, 7) is -0.442. The van der Waals surface area contributed by atoms with Crippen molar-refractivity contribution in [3.8, 4) is 0 Å². The first kappa shape index (κ1) is 96.8. The molecule has 0 unspecified atom stereocenters. The molecule has 20 nitrogen and oxygen atoms in total. The molecule has 41 heavy (non-hydrogen) atoms. The molecule has 0 radical (unpaired) electrons. The zero-order chi connectivity index (χ0) is 26.8. The Labute approximate surface area is 364 Å². The summed E-state index contributed by atoms with van der Waals surface area (Å²) in [6, 6.07) is 0. The van der Waals surface area contributed by atoms with Crippen LogP contribution in [0, 0.1) is 0 Å². The minimum atomic E-state index is -1.11. The van der Waals surface area contributed by atoms with Gasteiger partial charge in [0.2, 0.25) is 0 Å². The van der Waals surface area contributed by atoms with Crippen LogP contribution in [-0.2, 0) is 19.2 Å². The topological polar surface area (TPSA) is 364 Å². The van der Waals surface area contributed by atoms with Crippen molar-refractivity contribution in [1.29, 1.82) is 0 Å². The maximum atomic E-state index is 9.69. The number of nitrogens with zero attached hydrogens (tertiary/aromatic N) is 12. The van der Waals surface area contributed by atoms with Crippen molar-refractivity contribution in [2.45, 2.75) is 35.1 Å². The Hall–Kier alpha value is 1.04. The van der Waals surface area contributed by atoms with Crippen LogP contribution in [0.25, 0.3) is 52.8 Å². The predicted octanol–water partition coefficient (Wildman–Crippen LogP) is -11.9. The van der Waals surface area contributed by atoms with Crippen molar-refractivity contribution < 1.29 is 192 Å². The van der Waals surface area contributed by atoms with Gasteiger partial charge in [-0.1, -0.05) is 64.4 Å². The standard InChI is InChI=1S/C3H5BrO2.C3H5N3O2.C2H3BrO2.C2H3N3O2.3CH4.2BrH.2N3.4Na/c4-2-1-3(5)6;4-6-5-2-1-3(7)8;3-1-2(4)5;3-5-4-1-2(6)7;;;;;;2*1-3-2;;;;/h1-2H2,(H,5,6);1-2H2,(H,7,8);1H2,(H,4,5);1H2,(H,6,7);3*1H4;2*1H;;;;;;/q;;;;;;;;;2*-1;4*+1/p-2. The average Bonchev–Trinajstić information content (AvgIpc) is 2.69. The van der Waals surface area contributed by atoms with Gasteiger partial charge in [-0.3, -0.25) is 29.0 Å². The first-order chi connectivity index (χ1) is 14.9. The van der Waals surface area contributed by atoms with Crippen LogP contribution in [0.4, 0.5) is 0 Å². The number of hydrogen-bond acceptors (Lipinski definition) is 6. The van der Waals surface area contributed by atoms with Gasteiger partial charge in [-0.2, -0.15) is 0 Å². The fourth-order valence-corrected chi connectivity index (χ4v) is 0.703. The maximum absolute atomic E-state index is 9.69. The first-order valence-electron chi connectivity index (χ1n) is 6.89. The van der Waals surface area contributed by atoms with E-state index in [-0.39, 0.29) is 199 Å². The molecule has 4 N–H and O–H groups in total. The minimum Gasteiger partial charge on any atom is -1.00 e. The molecule has 28 heteroatoms. The van der Waals surface area contributed by atoms with Gasteiger partial charge in [-0.05, 0) is 11.1 Å². The van der Waals surface area contributed by atoms with Crippen LogP contribution in [0.15, 0.2) is 10.2 Å². The molecule has 0 amide bonds. The van der Waals surface area contributed by atoms with E-state index < -0.39 is 30.4 Å². The molecule has 0 aromatic heterocycles. The molecule has 0 aliphatic heterocycles. The molecule has 0 saturated heterocycles. The Morgan fingerprint density at radius 2 is 0.854 bits per heavy atom.